The Kier molecular flexibility index (Phi) is 5.67. The molecule has 0 amide bonds. The van der Waals surface area contributed by atoms with Gasteiger partial charge in [0.2, 0.25) is 0 Å². The highest BCUT2D eigenvalue weighted by molar-refractivity contribution is 5.57. The van der Waals surface area contributed by atoms with E-state index >= 15 is 0 Å². The minimum Gasteiger partial charge on any atom is -0.384 e. The molecule has 2 aliphatic rings. The van der Waals surface area contributed by atoms with Crippen LogP contribution in [0.1, 0.15) is 31.2 Å². The maximum absolute atomic E-state index is 13.6. The molecule has 0 unspecified atom stereocenters. The van der Waals surface area contributed by atoms with Crippen LogP contribution in [0.15, 0.2) is 18.2 Å². The summed E-state index contributed by atoms with van der Waals surface area (Å²) < 4.78 is 30.7. The Hall–Kier alpha value is -1.68. The molecule has 2 saturated heterocycles. The van der Waals surface area contributed by atoms with Crippen LogP contribution in [0.4, 0.5) is 10.1 Å². The number of halogens is 1. The van der Waals surface area contributed by atoms with Gasteiger partial charge in [0.25, 0.3) is 0 Å². The van der Waals surface area contributed by atoms with E-state index in [0.29, 0.717) is 25.4 Å². The summed E-state index contributed by atoms with van der Waals surface area (Å²) in [6, 6.07) is 6.55. The molecule has 1 aromatic rings. The molecular formula is C18H23FN2O3. The van der Waals surface area contributed by atoms with Gasteiger partial charge in [-0.05, 0) is 37.8 Å². The van der Waals surface area contributed by atoms with Crippen LogP contribution in [0, 0.1) is 22.6 Å². The zero-order valence-corrected chi connectivity index (χ0v) is 13.7. The highest BCUT2D eigenvalue weighted by atomic mass is 19.1. The van der Waals surface area contributed by atoms with Crippen molar-refractivity contribution in [3.63, 3.8) is 0 Å². The lowest BCUT2D eigenvalue weighted by Gasteiger charge is -2.40. The number of nitriles is 1. The van der Waals surface area contributed by atoms with Crippen molar-refractivity contribution in [2.24, 2.45) is 5.41 Å². The fourth-order valence-electron chi connectivity index (χ4n) is 3.54. The first-order chi connectivity index (χ1) is 11.7. The van der Waals surface area contributed by atoms with Gasteiger partial charge in [-0.2, -0.15) is 5.26 Å². The Morgan fingerprint density at radius 3 is 2.67 bits per heavy atom. The molecule has 3 rings (SSSR count). The molecular weight excluding hydrogens is 311 g/mol. The molecule has 2 fully saturated rings. The number of hydrogen-bond donors (Lipinski definition) is 1. The first-order valence-electron chi connectivity index (χ1n) is 8.49. The van der Waals surface area contributed by atoms with E-state index < -0.39 is 5.82 Å². The van der Waals surface area contributed by atoms with Gasteiger partial charge < -0.3 is 19.5 Å². The van der Waals surface area contributed by atoms with E-state index in [9.17, 15) is 4.39 Å². The molecule has 6 heteroatoms. The molecule has 5 nitrogen and oxygen atoms in total. The summed E-state index contributed by atoms with van der Waals surface area (Å²) in [6.07, 6.45) is 3.56. The summed E-state index contributed by atoms with van der Waals surface area (Å²) in [5, 5.41) is 12.2. The van der Waals surface area contributed by atoms with E-state index in [4.69, 9.17) is 19.5 Å². The second kappa shape index (κ2) is 7.93. The van der Waals surface area contributed by atoms with Gasteiger partial charge in [-0.1, -0.05) is 6.07 Å². The number of rotatable bonds is 6. The minimum atomic E-state index is -0.490. The lowest BCUT2D eigenvalue weighted by Crippen LogP contribution is -2.41. The van der Waals surface area contributed by atoms with Gasteiger partial charge >= 0.3 is 0 Å². The summed E-state index contributed by atoms with van der Waals surface area (Å²) >= 11 is 0. The molecule has 0 radical (unpaired) electrons. The maximum Gasteiger partial charge on any atom is 0.163 e. The Morgan fingerprint density at radius 1 is 1.21 bits per heavy atom. The monoisotopic (exact) mass is 334 g/mol. The van der Waals surface area contributed by atoms with Gasteiger partial charge in [0.05, 0.1) is 18.9 Å². The smallest absolute Gasteiger partial charge is 0.163 e. The van der Waals surface area contributed by atoms with Crippen molar-refractivity contribution in [3.8, 4) is 6.07 Å². The molecule has 130 valence electrons. The Balaban J connectivity index is 1.56. The Bertz CT molecular complexity index is 590. The topological polar surface area (TPSA) is 63.5 Å². The number of nitrogens with one attached hydrogen (secondary N) is 1. The summed E-state index contributed by atoms with van der Waals surface area (Å²) in [6.45, 7) is 3.45. The van der Waals surface area contributed by atoms with E-state index in [-0.39, 0.29) is 17.3 Å². The Labute approximate surface area is 141 Å². The van der Waals surface area contributed by atoms with Crippen molar-refractivity contribution in [1.82, 2.24) is 0 Å². The van der Waals surface area contributed by atoms with Gasteiger partial charge in [0, 0.05) is 25.2 Å². The van der Waals surface area contributed by atoms with Crippen LogP contribution >= 0.6 is 0 Å². The molecule has 24 heavy (non-hydrogen) atoms. The minimum absolute atomic E-state index is 0.00355. The normalized spacial score (nSPS) is 20.7. The molecule has 2 aliphatic heterocycles. The molecule has 0 aliphatic carbocycles. The van der Waals surface area contributed by atoms with Crippen molar-refractivity contribution < 1.29 is 18.6 Å². The summed E-state index contributed by atoms with van der Waals surface area (Å²) in [5.74, 6) is -0.490. The molecule has 1 aromatic carbocycles. The van der Waals surface area contributed by atoms with Crippen LogP contribution in [0.25, 0.3) is 0 Å². The number of ether oxygens (including phenoxy) is 3. The van der Waals surface area contributed by atoms with Crippen LogP contribution in [0.2, 0.25) is 0 Å². The van der Waals surface area contributed by atoms with Crippen molar-refractivity contribution in [2.45, 2.75) is 32.0 Å². The van der Waals surface area contributed by atoms with Crippen LogP contribution in [-0.2, 0) is 14.2 Å². The molecule has 0 atom stereocenters. The van der Waals surface area contributed by atoms with Gasteiger partial charge in [-0.25, -0.2) is 4.39 Å². The summed E-state index contributed by atoms with van der Waals surface area (Å²) in [4.78, 5) is 0. The van der Waals surface area contributed by atoms with Crippen LogP contribution < -0.4 is 5.32 Å². The predicted octanol–water partition coefficient (Wildman–Crippen LogP) is 3.06. The third-order valence-corrected chi connectivity index (χ3v) is 4.90. The van der Waals surface area contributed by atoms with Gasteiger partial charge in [-0.15, -0.1) is 0 Å². The van der Waals surface area contributed by atoms with Crippen LogP contribution in [0.3, 0.4) is 0 Å². The molecule has 0 spiro atoms. The standard InChI is InChI=1S/C18H23FN2O3/c19-15-3-1-4-16(14(15)13-20)21-8-2-5-18(6-9-22-10-7-18)17-23-11-12-24-17/h1,3-4,17,21H,2,5-12H2. The molecule has 0 bridgehead atoms. The lowest BCUT2D eigenvalue weighted by molar-refractivity contribution is -0.168. The van der Waals surface area contributed by atoms with Crippen molar-refractivity contribution in [1.29, 1.82) is 5.26 Å². The zero-order chi connectivity index (χ0) is 16.8. The molecule has 0 saturated carbocycles. The van der Waals surface area contributed by atoms with Crippen molar-refractivity contribution in [3.05, 3.63) is 29.6 Å². The summed E-state index contributed by atoms with van der Waals surface area (Å²) in [5.41, 5.74) is 0.615. The predicted molar refractivity (Wildman–Crippen MR) is 87.0 cm³/mol. The molecule has 0 aromatic heterocycles. The van der Waals surface area contributed by atoms with E-state index in [0.717, 1.165) is 38.9 Å². The fraction of sp³-hybridized carbons (Fsp3) is 0.611. The zero-order valence-electron chi connectivity index (χ0n) is 13.7. The largest absolute Gasteiger partial charge is 0.384 e. The Morgan fingerprint density at radius 2 is 1.96 bits per heavy atom. The van der Waals surface area contributed by atoms with Gasteiger partial charge in [-0.3, -0.25) is 0 Å². The van der Waals surface area contributed by atoms with Crippen LogP contribution in [0.5, 0.6) is 0 Å². The maximum atomic E-state index is 13.6. The lowest BCUT2D eigenvalue weighted by atomic mass is 9.75. The van der Waals surface area contributed by atoms with E-state index in [2.05, 4.69) is 5.32 Å². The fourth-order valence-corrected chi connectivity index (χ4v) is 3.54. The van der Waals surface area contributed by atoms with E-state index in [1.165, 1.54) is 6.07 Å². The third kappa shape index (κ3) is 3.69. The number of anilines is 1. The van der Waals surface area contributed by atoms with E-state index in [1.54, 1.807) is 12.1 Å². The highest BCUT2D eigenvalue weighted by Crippen LogP contribution is 2.42. The van der Waals surface area contributed by atoms with Crippen molar-refractivity contribution in [2.75, 3.05) is 38.3 Å². The van der Waals surface area contributed by atoms with E-state index in [1.807, 2.05) is 6.07 Å². The second-order valence-electron chi connectivity index (χ2n) is 6.35. The van der Waals surface area contributed by atoms with Crippen molar-refractivity contribution >= 4 is 5.69 Å². The average molecular weight is 334 g/mol. The second-order valence-corrected chi connectivity index (χ2v) is 6.35. The number of benzene rings is 1. The molecule has 1 N–H and O–H groups in total. The average Bonchev–Trinajstić information content (AvgIpc) is 3.15. The first kappa shape index (κ1) is 17.2. The third-order valence-electron chi connectivity index (χ3n) is 4.90. The highest BCUT2D eigenvalue weighted by Gasteiger charge is 2.43. The quantitative estimate of drug-likeness (QED) is 0.810. The number of nitrogens with zero attached hydrogens (tertiary/aromatic N) is 1. The number of hydrogen-bond acceptors (Lipinski definition) is 5. The van der Waals surface area contributed by atoms with Gasteiger partial charge in [0.15, 0.2) is 6.29 Å². The SMILES string of the molecule is N#Cc1c(F)cccc1NCCCC1(C2OCCO2)CCOCC1. The molecule has 2 heterocycles. The summed E-state index contributed by atoms with van der Waals surface area (Å²) in [7, 11) is 0. The first-order valence-corrected chi connectivity index (χ1v) is 8.49. The van der Waals surface area contributed by atoms with Gasteiger partial charge in [0.1, 0.15) is 17.4 Å². The van der Waals surface area contributed by atoms with Crippen LogP contribution in [-0.4, -0.2) is 39.3 Å².